The number of rotatable bonds is 4. The first-order valence-electron chi connectivity index (χ1n) is 10.8. The van der Waals surface area contributed by atoms with Crippen LogP contribution in [0.3, 0.4) is 0 Å². The molecule has 1 aromatic carbocycles. The Balaban J connectivity index is 1.43. The van der Waals surface area contributed by atoms with Gasteiger partial charge in [0.15, 0.2) is 0 Å². The first kappa shape index (κ1) is 21.2. The first-order valence-corrected chi connectivity index (χ1v) is 10.8. The van der Waals surface area contributed by atoms with E-state index in [1.165, 1.54) is 12.3 Å². The van der Waals surface area contributed by atoms with Crippen LogP contribution in [0.25, 0.3) is 5.52 Å². The highest BCUT2D eigenvalue weighted by atomic mass is 19.1. The molecule has 2 saturated heterocycles. The van der Waals surface area contributed by atoms with Crippen LogP contribution in [0.1, 0.15) is 41.2 Å². The maximum absolute atomic E-state index is 14.5. The van der Waals surface area contributed by atoms with Gasteiger partial charge in [-0.3, -0.25) is 4.79 Å². The van der Waals surface area contributed by atoms with Crippen LogP contribution >= 0.6 is 0 Å². The predicted molar refractivity (Wildman–Crippen MR) is 114 cm³/mol. The molecule has 172 valence electrons. The van der Waals surface area contributed by atoms with Crippen LogP contribution in [0.4, 0.5) is 19.3 Å². The number of fused-ring (bicyclic) bond motifs is 1. The van der Waals surface area contributed by atoms with Crippen molar-refractivity contribution in [2.75, 3.05) is 24.5 Å². The van der Waals surface area contributed by atoms with Gasteiger partial charge >= 0.3 is 6.16 Å². The lowest BCUT2D eigenvalue weighted by Gasteiger charge is -2.27. The predicted octanol–water partition coefficient (Wildman–Crippen LogP) is 3.86. The van der Waals surface area contributed by atoms with E-state index in [1.807, 2.05) is 17.0 Å². The Kier molecular flexibility index (Phi) is 5.35. The Hall–Kier alpha value is -3.69. The average Bonchev–Trinajstić information content (AvgIpc) is 3.53. The van der Waals surface area contributed by atoms with Crippen molar-refractivity contribution < 1.29 is 28.2 Å². The molecule has 1 unspecified atom stereocenters. The smallest absolute Gasteiger partial charge is 0.450 e. The number of pyridine rings is 1. The molecule has 5 rings (SSSR count). The van der Waals surface area contributed by atoms with E-state index >= 15 is 0 Å². The van der Waals surface area contributed by atoms with E-state index in [4.69, 9.17) is 9.84 Å². The number of hydrogen-bond donors (Lipinski definition) is 1. The van der Waals surface area contributed by atoms with Crippen molar-refractivity contribution in [1.82, 2.24) is 14.5 Å². The first-order chi connectivity index (χ1) is 15.9. The summed E-state index contributed by atoms with van der Waals surface area (Å²) in [5.74, 6) is -1.18. The number of likely N-dealkylation sites (tertiary alicyclic amines) is 1. The molecule has 0 bridgehead atoms. The van der Waals surface area contributed by atoms with Gasteiger partial charge in [0.2, 0.25) is 0 Å². The normalized spacial score (nSPS) is 20.5. The summed E-state index contributed by atoms with van der Waals surface area (Å²) in [5, 5.41) is 13.1. The number of nitrogens with zero attached hydrogens (tertiary/aromatic N) is 4. The summed E-state index contributed by atoms with van der Waals surface area (Å²) >= 11 is 0. The average molecular weight is 456 g/mol. The van der Waals surface area contributed by atoms with Crippen molar-refractivity contribution in [2.45, 2.75) is 31.4 Å². The Bertz CT molecular complexity index is 1230. The number of carbonyl (C=O) groups is 2. The molecule has 2 fully saturated rings. The number of ether oxygens (including phenoxy) is 1. The lowest BCUT2D eigenvalue weighted by Crippen LogP contribution is -2.30. The second-order valence-corrected chi connectivity index (χ2v) is 8.34. The zero-order valence-electron chi connectivity index (χ0n) is 17.7. The fraction of sp³-hybridized carbons (Fsp3) is 0.348. The summed E-state index contributed by atoms with van der Waals surface area (Å²) in [7, 11) is 0. The summed E-state index contributed by atoms with van der Waals surface area (Å²) in [4.78, 5) is 27.5. The third kappa shape index (κ3) is 3.96. The summed E-state index contributed by atoms with van der Waals surface area (Å²) in [5.41, 5.74) is 2.08. The van der Waals surface area contributed by atoms with Crippen LogP contribution in [0.15, 0.2) is 42.7 Å². The molecule has 33 heavy (non-hydrogen) atoms. The maximum Gasteiger partial charge on any atom is 0.506 e. The highest BCUT2D eigenvalue weighted by Gasteiger charge is 2.32. The van der Waals surface area contributed by atoms with E-state index in [0.717, 1.165) is 24.2 Å². The summed E-state index contributed by atoms with van der Waals surface area (Å²) in [6.07, 6.45) is 3.28. The van der Waals surface area contributed by atoms with Crippen LogP contribution in [0.2, 0.25) is 0 Å². The minimum atomic E-state index is -1.36. The van der Waals surface area contributed by atoms with Gasteiger partial charge in [0.05, 0.1) is 29.9 Å². The van der Waals surface area contributed by atoms with Gasteiger partial charge in [-0.15, -0.1) is 0 Å². The van der Waals surface area contributed by atoms with E-state index in [-0.39, 0.29) is 18.5 Å². The molecule has 2 aromatic heterocycles. The molecular weight excluding hydrogens is 434 g/mol. The van der Waals surface area contributed by atoms with E-state index < -0.39 is 23.9 Å². The standard InChI is InChI=1S/C23H22F2N4O4/c24-14-3-4-19(25)17(10-14)20-2-1-7-28(20)15-5-9-29-21(11-15)18(12-26-29)22(30)27-8-6-16(13-27)33-23(31)32/h3-5,9-12,16,20H,1-2,6-8,13H2,(H,31,32)/t16?,20-/m1/s1. The molecule has 1 N–H and O–H groups in total. The minimum Gasteiger partial charge on any atom is -0.450 e. The monoisotopic (exact) mass is 456 g/mol. The van der Waals surface area contributed by atoms with Gasteiger partial charge in [0.1, 0.15) is 17.7 Å². The van der Waals surface area contributed by atoms with Crippen LogP contribution in [0.5, 0.6) is 0 Å². The Morgan fingerprint density at radius 1 is 1.12 bits per heavy atom. The minimum absolute atomic E-state index is 0.190. The molecule has 0 radical (unpaired) electrons. The molecule has 2 aliphatic rings. The highest BCUT2D eigenvalue weighted by Crippen LogP contribution is 2.38. The lowest BCUT2D eigenvalue weighted by molar-refractivity contribution is 0.0516. The van der Waals surface area contributed by atoms with Gasteiger partial charge in [-0.05, 0) is 43.2 Å². The number of anilines is 1. The van der Waals surface area contributed by atoms with Crippen LogP contribution in [-0.4, -0.2) is 57.4 Å². The largest absolute Gasteiger partial charge is 0.506 e. The number of aromatic nitrogens is 2. The number of benzene rings is 1. The van der Waals surface area contributed by atoms with Gasteiger partial charge in [0, 0.05) is 37.0 Å². The number of halogens is 2. The fourth-order valence-electron chi connectivity index (χ4n) is 4.80. The molecule has 10 heteroatoms. The van der Waals surface area contributed by atoms with Crippen LogP contribution < -0.4 is 4.90 Å². The SMILES string of the molecule is O=C(O)OC1CCN(C(=O)c2cnn3ccc(N4CCC[C@@H]4c4cc(F)ccc4F)cc23)C1. The molecule has 2 atom stereocenters. The second-order valence-electron chi connectivity index (χ2n) is 8.34. The highest BCUT2D eigenvalue weighted by molar-refractivity contribution is 6.01. The van der Waals surface area contributed by atoms with Gasteiger partial charge in [-0.25, -0.2) is 18.1 Å². The molecule has 0 saturated carbocycles. The summed E-state index contributed by atoms with van der Waals surface area (Å²) in [6.45, 7) is 1.25. The van der Waals surface area contributed by atoms with Gasteiger partial charge < -0.3 is 19.6 Å². The summed E-state index contributed by atoms with van der Waals surface area (Å²) < 4.78 is 34.6. The number of hydrogen-bond acceptors (Lipinski definition) is 5. The Morgan fingerprint density at radius 2 is 1.97 bits per heavy atom. The van der Waals surface area contributed by atoms with Crippen molar-refractivity contribution >= 4 is 23.3 Å². The van der Waals surface area contributed by atoms with E-state index in [0.29, 0.717) is 42.6 Å². The zero-order chi connectivity index (χ0) is 23.1. The molecule has 0 aliphatic carbocycles. The fourth-order valence-corrected chi connectivity index (χ4v) is 4.80. The quantitative estimate of drug-likeness (QED) is 0.600. The third-order valence-corrected chi connectivity index (χ3v) is 6.34. The van der Waals surface area contributed by atoms with Gasteiger partial charge in [0.25, 0.3) is 5.91 Å². The van der Waals surface area contributed by atoms with Crippen molar-refractivity contribution in [2.24, 2.45) is 0 Å². The van der Waals surface area contributed by atoms with Gasteiger partial charge in [-0.1, -0.05) is 0 Å². The molecular formula is C23H22F2N4O4. The second kappa shape index (κ2) is 8.34. The van der Waals surface area contributed by atoms with Crippen LogP contribution in [-0.2, 0) is 4.74 Å². The zero-order valence-corrected chi connectivity index (χ0v) is 17.7. The van der Waals surface area contributed by atoms with Crippen molar-refractivity contribution in [3.63, 3.8) is 0 Å². The molecule has 8 nitrogen and oxygen atoms in total. The van der Waals surface area contributed by atoms with Crippen molar-refractivity contribution in [3.05, 3.63) is 65.5 Å². The Labute approximate surface area is 188 Å². The molecule has 1 amide bonds. The number of carboxylic acid groups (broad SMARTS) is 1. The molecule has 2 aliphatic heterocycles. The van der Waals surface area contributed by atoms with Crippen molar-refractivity contribution in [1.29, 1.82) is 0 Å². The third-order valence-electron chi connectivity index (χ3n) is 6.34. The maximum atomic E-state index is 14.5. The topological polar surface area (TPSA) is 87.4 Å². The van der Waals surface area contributed by atoms with E-state index in [1.54, 1.807) is 15.6 Å². The number of carbonyl (C=O) groups excluding carboxylic acids is 1. The summed E-state index contributed by atoms with van der Waals surface area (Å²) in [6, 6.07) is 6.87. The van der Waals surface area contributed by atoms with Crippen LogP contribution in [0, 0.1) is 11.6 Å². The molecule has 3 aromatic rings. The van der Waals surface area contributed by atoms with Crippen molar-refractivity contribution in [3.8, 4) is 0 Å². The van der Waals surface area contributed by atoms with E-state index in [9.17, 15) is 18.4 Å². The Morgan fingerprint density at radius 3 is 2.79 bits per heavy atom. The van der Waals surface area contributed by atoms with Gasteiger partial charge in [-0.2, -0.15) is 5.10 Å². The molecule has 4 heterocycles. The number of amides is 1. The molecule has 0 spiro atoms. The van der Waals surface area contributed by atoms with E-state index in [2.05, 4.69) is 5.10 Å². The lowest BCUT2D eigenvalue weighted by atomic mass is 10.0.